The molecule has 1 atom stereocenters. The highest BCUT2D eigenvalue weighted by Crippen LogP contribution is 2.24. The molecule has 1 aromatic carbocycles. The minimum Gasteiger partial charge on any atom is -0.284 e. The third-order valence-corrected chi connectivity index (χ3v) is 3.34. The van der Waals surface area contributed by atoms with Crippen molar-refractivity contribution >= 4 is 33.8 Å². The summed E-state index contributed by atoms with van der Waals surface area (Å²) < 4.78 is 24.0. The summed E-state index contributed by atoms with van der Waals surface area (Å²) in [5.41, 5.74) is 3.97. The molecule has 0 bridgehead atoms. The number of allylic oxidation sites excluding steroid dienone is 2. The fourth-order valence-corrected chi connectivity index (χ4v) is 1.93. The molecule has 1 aromatic rings. The first-order valence-electron chi connectivity index (χ1n) is 5.54. The van der Waals surface area contributed by atoms with Gasteiger partial charge in [-0.25, -0.2) is 0 Å². The van der Waals surface area contributed by atoms with E-state index in [0.29, 0.717) is 11.1 Å². The number of carbonyl (C=O) groups is 1. The molecule has 0 amide bonds. The monoisotopic (exact) mass is 302 g/mol. The zero-order valence-electron chi connectivity index (χ0n) is 10.9. The van der Waals surface area contributed by atoms with E-state index < -0.39 is 16.6 Å². The third-order valence-electron chi connectivity index (χ3n) is 2.80. The zero-order chi connectivity index (χ0) is 14.6. The molecule has 0 heterocycles. The number of hydrogen-bond donors (Lipinski definition) is 1. The van der Waals surface area contributed by atoms with Crippen LogP contribution in [0, 0.1) is 0 Å². The van der Waals surface area contributed by atoms with Crippen molar-refractivity contribution in [1.29, 1.82) is 0 Å². The first kappa shape index (κ1) is 16.0. The Morgan fingerprint density at radius 2 is 2.00 bits per heavy atom. The van der Waals surface area contributed by atoms with Crippen molar-refractivity contribution < 1.29 is 17.7 Å². The van der Waals surface area contributed by atoms with Gasteiger partial charge >= 0.3 is 11.4 Å². The second kappa shape index (κ2) is 6.96. The molecule has 0 aliphatic rings. The standard InChI is InChI=1S/C13H15ClO4S/c1-8(2)9(3)12-5-4-10(13(14)15)6-11(12)7-18-19(16)17/h4-6H,7H2,1-3H3,(H,16,17). The van der Waals surface area contributed by atoms with Gasteiger partial charge in [0.2, 0.25) is 0 Å². The molecule has 6 heteroatoms. The van der Waals surface area contributed by atoms with Crippen LogP contribution in [0.5, 0.6) is 0 Å². The molecule has 0 fully saturated rings. The summed E-state index contributed by atoms with van der Waals surface area (Å²) in [5.74, 6) is 0. The summed E-state index contributed by atoms with van der Waals surface area (Å²) in [7, 11) is 0. The van der Waals surface area contributed by atoms with E-state index in [9.17, 15) is 9.00 Å². The molecule has 0 aliphatic heterocycles. The number of rotatable bonds is 5. The van der Waals surface area contributed by atoms with E-state index in [1.807, 2.05) is 20.8 Å². The Balaban J connectivity index is 3.26. The molecule has 0 saturated heterocycles. The zero-order valence-corrected chi connectivity index (χ0v) is 12.5. The van der Waals surface area contributed by atoms with Gasteiger partial charge in [0.25, 0.3) is 5.24 Å². The topological polar surface area (TPSA) is 63.6 Å². The summed E-state index contributed by atoms with van der Waals surface area (Å²) in [6.45, 7) is 5.79. The normalized spacial score (nSPS) is 12.1. The highest BCUT2D eigenvalue weighted by Gasteiger charge is 2.11. The van der Waals surface area contributed by atoms with Crippen molar-refractivity contribution in [2.75, 3.05) is 0 Å². The highest BCUT2D eigenvalue weighted by molar-refractivity contribution is 7.74. The molecule has 19 heavy (non-hydrogen) atoms. The van der Waals surface area contributed by atoms with E-state index in [1.165, 1.54) is 0 Å². The quantitative estimate of drug-likeness (QED) is 0.667. The van der Waals surface area contributed by atoms with E-state index in [4.69, 9.17) is 16.2 Å². The Hall–Kier alpha value is -1.01. The van der Waals surface area contributed by atoms with Crippen molar-refractivity contribution in [3.63, 3.8) is 0 Å². The van der Waals surface area contributed by atoms with Crippen molar-refractivity contribution in [2.24, 2.45) is 0 Å². The third kappa shape index (κ3) is 4.54. The minimum atomic E-state index is -2.35. The van der Waals surface area contributed by atoms with Gasteiger partial charge in [-0.15, -0.1) is 0 Å². The smallest absolute Gasteiger partial charge is 0.284 e. The molecule has 0 saturated carbocycles. The van der Waals surface area contributed by atoms with E-state index >= 15 is 0 Å². The molecular formula is C13H15ClO4S. The lowest BCUT2D eigenvalue weighted by Gasteiger charge is -2.12. The highest BCUT2D eigenvalue weighted by atomic mass is 35.5. The minimum absolute atomic E-state index is 0.0684. The fraction of sp³-hybridized carbons (Fsp3) is 0.308. The van der Waals surface area contributed by atoms with Crippen molar-refractivity contribution in [2.45, 2.75) is 27.4 Å². The van der Waals surface area contributed by atoms with Gasteiger partial charge in [0.15, 0.2) is 0 Å². The Kier molecular flexibility index (Phi) is 5.87. The van der Waals surface area contributed by atoms with Gasteiger partial charge in [0, 0.05) is 5.56 Å². The van der Waals surface area contributed by atoms with Gasteiger partial charge in [0.1, 0.15) is 0 Å². The van der Waals surface area contributed by atoms with Crippen LogP contribution in [0.15, 0.2) is 23.8 Å². The Morgan fingerprint density at radius 3 is 2.47 bits per heavy atom. The number of halogens is 1. The van der Waals surface area contributed by atoms with E-state index in [0.717, 1.165) is 16.7 Å². The van der Waals surface area contributed by atoms with E-state index in [-0.39, 0.29) is 6.61 Å². The Labute approximate surface area is 119 Å². The lowest BCUT2D eigenvalue weighted by molar-refractivity contribution is 0.108. The predicted octanol–water partition coefficient (Wildman–Crippen LogP) is 3.53. The summed E-state index contributed by atoms with van der Waals surface area (Å²) in [6, 6.07) is 4.96. The molecule has 1 rings (SSSR count). The maximum atomic E-state index is 11.2. The first-order valence-corrected chi connectivity index (χ1v) is 6.95. The molecule has 1 N–H and O–H groups in total. The maximum absolute atomic E-state index is 11.2. The predicted molar refractivity (Wildman–Crippen MR) is 76.1 cm³/mol. The summed E-state index contributed by atoms with van der Waals surface area (Å²) >= 11 is 3.08. The van der Waals surface area contributed by atoms with Crippen LogP contribution in [0.3, 0.4) is 0 Å². The number of hydrogen-bond acceptors (Lipinski definition) is 3. The van der Waals surface area contributed by atoms with Crippen LogP contribution in [0.2, 0.25) is 0 Å². The molecule has 1 unspecified atom stereocenters. The first-order chi connectivity index (χ1) is 8.82. The molecule has 0 aromatic heterocycles. The van der Waals surface area contributed by atoms with Gasteiger partial charge in [-0.05, 0) is 61.2 Å². The molecule has 0 aliphatic carbocycles. The largest absolute Gasteiger partial charge is 0.302 e. The average molecular weight is 303 g/mol. The van der Waals surface area contributed by atoms with Gasteiger partial charge < -0.3 is 0 Å². The molecular weight excluding hydrogens is 288 g/mol. The Morgan fingerprint density at radius 1 is 1.37 bits per heavy atom. The summed E-state index contributed by atoms with van der Waals surface area (Å²) in [5, 5.41) is -0.576. The SMILES string of the molecule is CC(C)=C(C)c1ccc(C(=O)Cl)cc1COS(=O)O. The van der Waals surface area contributed by atoms with Crippen molar-refractivity contribution in [3.05, 3.63) is 40.5 Å². The number of carbonyl (C=O) groups excluding carboxylic acids is 1. The maximum Gasteiger partial charge on any atom is 0.302 e. The van der Waals surface area contributed by atoms with E-state index in [1.54, 1.807) is 18.2 Å². The number of benzene rings is 1. The van der Waals surface area contributed by atoms with Crippen molar-refractivity contribution in [3.8, 4) is 0 Å². The van der Waals surface area contributed by atoms with Gasteiger partial charge in [-0.1, -0.05) is 11.6 Å². The van der Waals surface area contributed by atoms with Gasteiger partial charge in [-0.3, -0.25) is 13.5 Å². The van der Waals surface area contributed by atoms with E-state index in [2.05, 4.69) is 4.18 Å². The second-order valence-corrected chi connectivity index (χ2v) is 5.26. The van der Waals surface area contributed by atoms with Crippen LogP contribution < -0.4 is 0 Å². The van der Waals surface area contributed by atoms with Crippen LogP contribution in [-0.4, -0.2) is 14.0 Å². The Bertz CT molecular complexity index is 548. The molecule has 0 spiro atoms. The second-order valence-electron chi connectivity index (χ2n) is 4.25. The summed E-state index contributed by atoms with van der Waals surface area (Å²) in [6.07, 6.45) is 0. The van der Waals surface area contributed by atoms with Gasteiger partial charge in [-0.2, -0.15) is 4.21 Å². The van der Waals surface area contributed by atoms with Crippen LogP contribution in [0.1, 0.15) is 42.3 Å². The summed E-state index contributed by atoms with van der Waals surface area (Å²) in [4.78, 5) is 11.2. The molecule has 0 radical (unpaired) electrons. The fourth-order valence-electron chi connectivity index (χ4n) is 1.58. The van der Waals surface area contributed by atoms with Crippen LogP contribution in [0.25, 0.3) is 5.57 Å². The molecule has 104 valence electrons. The molecule has 4 nitrogen and oxygen atoms in total. The van der Waals surface area contributed by atoms with Crippen LogP contribution >= 0.6 is 11.6 Å². The van der Waals surface area contributed by atoms with Crippen LogP contribution in [-0.2, 0) is 22.2 Å². The lowest BCUT2D eigenvalue weighted by Crippen LogP contribution is -2.02. The average Bonchev–Trinajstić information content (AvgIpc) is 2.34. The van der Waals surface area contributed by atoms with Crippen molar-refractivity contribution in [1.82, 2.24) is 0 Å². The van der Waals surface area contributed by atoms with Crippen LogP contribution in [0.4, 0.5) is 0 Å². The lowest BCUT2D eigenvalue weighted by atomic mass is 9.96. The van der Waals surface area contributed by atoms with Gasteiger partial charge in [0.05, 0.1) is 6.61 Å².